The molecule has 2 rings (SSSR count). The SMILES string of the molecule is Cc1cc(C(=O)NCCc2ccccc2)sc1C#CCO. The monoisotopic (exact) mass is 299 g/mol. The molecule has 0 aliphatic rings. The van der Waals surface area contributed by atoms with Crippen LogP contribution >= 0.6 is 11.3 Å². The zero-order valence-electron chi connectivity index (χ0n) is 11.8. The number of aliphatic hydroxyl groups excluding tert-OH is 1. The molecule has 0 radical (unpaired) electrons. The molecule has 0 saturated carbocycles. The molecule has 1 heterocycles. The van der Waals surface area contributed by atoms with Crippen LogP contribution in [-0.4, -0.2) is 24.2 Å². The number of nitrogens with one attached hydrogen (secondary N) is 1. The molecule has 0 unspecified atom stereocenters. The third kappa shape index (κ3) is 4.45. The van der Waals surface area contributed by atoms with Gasteiger partial charge in [-0.25, -0.2) is 0 Å². The Balaban J connectivity index is 1.91. The van der Waals surface area contributed by atoms with Gasteiger partial charge >= 0.3 is 0 Å². The largest absolute Gasteiger partial charge is 0.384 e. The lowest BCUT2D eigenvalue weighted by atomic mass is 10.1. The number of benzene rings is 1. The molecule has 0 spiro atoms. The molecule has 2 N–H and O–H groups in total. The first-order valence-electron chi connectivity index (χ1n) is 6.73. The van der Waals surface area contributed by atoms with Crippen molar-refractivity contribution in [3.63, 3.8) is 0 Å². The van der Waals surface area contributed by atoms with Crippen molar-refractivity contribution in [1.82, 2.24) is 5.32 Å². The van der Waals surface area contributed by atoms with Crippen LogP contribution in [0.3, 0.4) is 0 Å². The molecule has 21 heavy (non-hydrogen) atoms. The molecular formula is C17H17NO2S. The molecular weight excluding hydrogens is 282 g/mol. The van der Waals surface area contributed by atoms with E-state index in [1.807, 2.05) is 43.3 Å². The molecule has 0 atom stereocenters. The van der Waals surface area contributed by atoms with Crippen molar-refractivity contribution in [2.45, 2.75) is 13.3 Å². The van der Waals surface area contributed by atoms with Crippen molar-refractivity contribution in [3.05, 3.63) is 57.3 Å². The van der Waals surface area contributed by atoms with Gasteiger partial charge in [0.05, 0.1) is 9.75 Å². The number of hydrogen-bond donors (Lipinski definition) is 2. The Hall–Kier alpha value is -2.09. The van der Waals surface area contributed by atoms with E-state index < -0.39 is 0 Å². The highest BCUT2D eigenvalue weighted by Crippen LogP contribution is 2.20. The molecule has 4 heteroatoms. The maximum atomic E-state index is 12.1. The first kappa shape index (κ1) is 15.3. The molecule has 1 aromatic heterocycles. The van der Waals surface area contributed by atoms with Crippen LogP contribution < -0.4 is 5.32 Å². The molecule has 2 aromatic rings. The Bertz CT molecular complexity index is 665. The second-order valence-corrected chi connectivity index (χ2v) is 5.63. The van der Waals surface area contributed by atoms with Crippen molar-refractivity contribution >= 4 is 17.2 Å². The van der Waals surface area contributed by atoms with E-state index in [2.05, 4.69) is 17.2 Å². The number of hydrogen-bond acceptors (Lipinski definition) is 3. The fraction of sp³-hybridized carbons (Fsp3) is 0.235. The van der Waals surface area contributed by atoms with Crippen LogP contribution in [0.1, 0.15) is 25.7 Å². The minimum Gasteiger partial charge on any atom is -0.384 e. The zero-order valence-corrected chi connectivity index (χ0v) is 12.7. The Morgan fingerprint density at radius 2 is 2.10 bits per heavy atom. The predicted molar refractivity (Wildman–Crippen MR) is 85.5 cm³/mol. The number of carbonyl (C=O) groups excluding carboxylic acids is 1. The molecule has 1 amide bonds. The Morgan fingerprint density at radius 1 is 1.33 bits per heavy atom. The summed E-state index contributed by atoms with van der Waals surface area (Å²) in [5.41, 5.74) is 2.17. The number of thiophene rings is 1. The van der Waals surface area contributed by atoms with E-state index in [0.29, 0.717) is 11.4 Å². The average molecular weight is 299 g/mol. The van der Waals surface area contributed by atoms with Crippen LogP contribution in [0, 0.1) is 18.8 Å². The van der Waals surface area contributed by atoms with Gasteiger partial charge in [0.25, 0.3) is 5.91 Å². The number of aliphatic hydroxyl groups is 1. The molecule has 1 aromatic carbocycles. The highest BCUT2D eigenvalue weighted by atomic mass is 32.1. The summed E-state index contributed by atoms with van der Waals surface area (Å²) < 4.78 is 0. The van der Waals surface area contributed by atoms with Gasteiger partial charge in [-0.3, -0.25) is 4.79 Å². The molecule has 0 aliphatic carbocycles. The van der Waals surface area contributed by atoms with Crippen molar-refractivity contribution in [3.8, 4) is 11.8 Å². The summed E-state index contributed by atoms with van der Waals surface area (Å²) in [5, 5.41) is 11.6. The second-order valence-electron chi connectivity index (χ2n) is 4.57. The summed E-state index contributed by atoms with van der Waals surface area (Å²) in [6.07, 6.45) is 0.814. The first-order valence-corrected chi connectivity index (χ1v) is 7.54. The summed E-state index contributed by atoms with van der Waals surface area (Å²) in [7, 11) is 0. The summed E-state index contributed by atoms with van der Waals surface area (Å²) in [4.78, 5) is 13.6. The van der Waals surface area contributed by atoms with Gasteiger partial charge in [-0.2, -0.15) is 0 Å². The predicted octanol–water partition coefficient (Wildman–Crippen LogP) is 2.37. The highest BCUT2D eigenvalue weighted by molar-refractivity contribution is 7.14. The molecule has 108 valence electrons. The van der Waals surface area contributed by atoms with Crippen molar-refractivity contribution in [2.24, 2.45) is 0 Å². The summed E-state index contributed by atoms with van der Waals surface area (Å²) in [6.45, 7) is 2.35. The topological polar surface area (TPSA) is 49.3 Å². The average Bonchev–Trinajstić information content (AvgIpc) is 2.87. The molecule has 3 nitrogen and oxygen atoms in total. The number of rotatable bonds is 4. The molecule has 0 fully saturated rings. The summed E-state index contributed by atoms with van der Waals surface area (Å²) >= 11 is 1.36. The van der Waals surface area contributed by atoms with Crippen molar-refractivity contribution < 1.29 is 9.90 Å². The minimum atomic E-state index is -0.171. The number of aryl methyl sites for hydroxylation is 1. The van der Waals surface area contributed by atoms with E-state index in [4.69, 9.17) is 5.11 Å². The van der Waals surface area contributed by atoms with Crippen LogP contribution in [0.2, 0.25) is 0 Å². The smallest absolute Gasteiger partial charge is 0.261 e. The summed E-state index contributed by atoms with van der Waals surface area (Å²) in [6, 6.07) is 11.9. The van der Waals surface area contributed by atoms with Crippen LogP contribution in [0.25, 0.3) is 0 Å². The van der Waals surface area contributed by atoms with Gasteiger partial charge in [0.2, 0.25) is 0 Å². The van der Waals surface area contributed by atoms with Crippen molar-refractivity contribution in [2.75, 3.05) is 13.2 Å². The molecule has 0 bridgehead atoms. The normalized spacial score (nSPS) is 9.81. The maximum absolute atomic E-state index is 12.1. The quantitative estimate of drug-likeness (QED) is 0.852. The lowest BCUT2D eigenvalue weighted by molar-refractivity contribution is 0.0958. The summed E-state index contributed by atoms with van der Waals surface area (Å²) in [5.74, 6) is 5.39. The standard InChI is InChI=1S/C17H17NO2S/c1-13-12-16(21-15(13)8-5-11-19)17(20)18-10-9-14-6-3-2-4-7-14/h2-4,6-7,12,19H,9-11H2,1H3,(H,18,20). The minimum absolute atomic E-state index is 0.0731. The van der Waals surface area contributed by atoms with Gasteiger partial charge in [0, 0.05) is 6.54 Å². The highest BCUT2D eigenvalue weighted by Gasteiger charge is 2.10. The number of amides is 1. The maximum Gasteiger partial charge on any atom is 0.261 e. The fourth-order valence-corrected chi connectivity index (χ4v) is 2.85. The van der Waals surface area contributed by atoms with Crippen LogP contribution in [0.15, 0.2) is 36.4 Å². The van der Waals surface area contributed by atoms with Gasteiger partial charge in [-0.15, -0.1) is 11.3 Å². The lowest BCUT2D eigenvalue weighted by Gasteiger charge is -2.03. The van der Waals surface area contributed by atoms with Crippen LogP contribution in [-0.2, 0) is 6.42 Å². The first-order chi connectivity index (χ1) is 10.2. The van der Waals surface area contributed by atoms with E-state index in [-0.39, 0.29) is 12.5 Å². The Labute approximate surface area is 128 Å². The number of carbonyl (C=O) groups is 1. The van der Waals surface area contributed by atoms with E-state index in [0.717, 1.165) is 16.9 Å². The molecule has 0 aliphatic heterocycles. The fourth-order valence-electron chi connectivity index (χ4n) is 1.89. The van der Waals surface area contributed by atoms with Crippen LogP contribution in [0.4, 0.5) is 0 Å². The van der Waals surface area contributed by atoms with Gasteiger partial charge in [0.15, 0.2) is 0 Å². The second kappa shape index (κ2) is 7.63. The lowest BCUT2D eigenvalue weighted by Crippen LogP contribution is -2.24. The van der Waals surface area contributed by atoms with E-state index in [1.54, 1.807) is 0 Å². The third-order valence-electron chi connectivity index (χ3n) is 2.96. The molecule has 0 saturated heterocycles. The van der Waals surface area contributed by atoms with Gasteiger partial charge < -0.3 is 10.4 Å². The van der Waals surface area contributed by atoms with Crippen molar-refractivity contribution in [1.29, 1.82) is 0 Å². The van der Waals surface area contributed by atoms with E-state index >= 15 is 0 Å². The van der Waals surface area contributed by atoms with E-state index in [9.17, 15) is 4.79 Å². The Kier molecular flexibility index (Phi) is 5.56. The van der Waals surface area contributed by atoms with Gasteiger partial charge in [0.1, 0.15) is 6.61 Å². The third-order valence-corrected chi connectivity index (χ3v) is 4.12. The zero-order chi connectivity index (χ0) is 15.1. The van der Waals surface area contributed by atoms with Gasteiger partial charge in [-0.05, 0) is 30.5 Å². The Morgan fingerprint density at radius 3 is 2.81 bits per heavy atom. The van der Waals surface area contributed by atoms with Crippen LogP contribution in [0.5, 0.6) is 0 Å². The van der Waals surface area contributed by atoms with Gasteiger partial charge in [-0.1, -0.05) is 42.2 Å². The van der Waals surface area contributed by atoms with E-state index in [1.165, 1.54) is 16.9 Å².